The second-order valence-electron chi connectivity index (χ2n) is 11.8. The summed E-state index contributed by atoms with van der Waals surface area (Å²) in [6, 6.07) is 17.8. The van der Waals surface area contributed by atoms with Gasteiger partial charge in [0.25, 0.3) is 0 Å². The highest BCUT2D eigenvalue weighted by Crippen LogP contribution is 2.42. The Labute approximate surface area is 227 Å². The summed E-state index contributed by atoms with van der Waals surface area (Å²) in [6.07, 6.45) is 2.40. The first kappa shape index (κ1) is 27.9. The molecule has 0 spiro atoms. The van der Waals surface area contributed by atoms with Crippen molar-refractivity contribution in [3.63, 3.8) is 0 Å². The lowest BCUT2D eigenvalue weighted by molar-refractivity contribution is -0.136. The molecule has 0 saturated heterocycles. The second-order valence-corrected chi connectivity index (χ2v) is 11.8. The molecule has 6 heteroatoms. The summed E-state index contributed by atoms with van der Waals surface area (Å²) >= 11 is 0. The van der Waals surface area contributed by atoms with E-state index in [0.717, 1.165) is 24.8 Å². The van der Waals surface area contributed by atoms with Crippen molar-refractivity contribution in [1.29, 1.82) is 0 Å². The normalized spacial score (nSPS) is 17.7. The number of rotatable bonds is 9. The lowest BCUT2D eigenvalue weighted by atomic mass is 9.87. The van der Waals surface area contributed by atoms with Crippen molar-refractivity contribution in [3.05, 3.63) is 76.9 Å². The minimum Gasteiger partial charge on any atom is -0.444 e. The number of ether oxygens (including phenoxy) is 2. The molecule has 6 nitrogen and oxygen atoms in total. The summed E-state index contributed by atoms with van der Waals surface area (Å²) in [5, 5.41) is 2.87. The molecule has 2 aromatic rings. The van der Waals surface area contributed by atoms with E-state index in [-0.39, 0.29) is 11.9 Å². The fourth-order valence-corrected chi connectivity index (χ4v) is 5.50. The summed E-state index contributed by atoms with van der Waals surface area (Å²) < 4.78 is 11.4. The third kappa shape index (κ3) is 7.04. The number of fused-ring (bicyclic) bond motifs is 2. The number of carbonyl (C=O) groups excluding carboxylic acids is 2. The Bertz CT molecular complexity index is 1150. The Morgan fingerprint density at radius 1 is 1.05 bits per heavy atom. The Hall–Kier alpha value is -3.12. The van der Waals surface area contributed by atoms with E-state index in [1.807, 2.05) is 56.0 Å². The zero-order chi connectivity index (χ0) is 27.3. The van der Waals surface area contributed by atoms with Crippen molar-refractivity contribution in [3.8, 4) is 0 Å². The number of nitrogens with one attached hydrogen (secondary N) is 1. The Kier molecular flexibility index (Phi) is 8.93. The maximum atomic E-state index is 14.1. The van der Waals surface area contributed by atoms with Crippen LogP contribution in [0.1, 0.15) is 70.6 Å². The van der Waals surface area contributed by atoms with Crippen molar-refractivity contribution in [2.75, 3.05) is 13.2 Å². The predicted molar refractivity (Wildman–Crippen MR) is 151 cm³/mol. The van der Waals surface area contributed by atoms with Crippen LogP contribution in [-0.4, -0.2) is 47.7 Å². The van der Waals surface area contributed by atoms with Crippen LogP contribution in [0, 0.1) is 5.92 Å². The molecular weight excluding hydrogens is 476 g/mol. The molecule has 2 aliphatic rings. The van der Waals surface area contributed by atoms with Gasteiger partial charge in [-0.05, 0) is 73.8 Å². The van der Waals surface area contributed by atoms with E-state index in [1.165, 1.54) is 22.3 Å². The lowest BCUT2D eigenvalue weighted by Crippen LogP contribution is -2.55. The number of hydrogen-bond acceptors (Lipinski definition) is 4. The first-order chi connectivity index (χ1) is 18.1. The predicted octanol–water partition coefficient (Wildman–Crippen LogP) is 6.14. The molecule has 0 bridgehead atoms. The quantitative estimate of drug-likeness (QED) is 0.405. The fraction of sp³-hybridized carbons (Fsp3) is 0.500. The smallest absolute Gasteiger partial charge is 0.408 e. The maximum Gasteiger partial charge on any atom is 0.408 e. The molecule has 1 N–H and O–H groups in total. The van der Waals surface area contributed by atoms with Crippen molar-refractivity contribution >= 4 is 17.6 Å². The van der Waals surface area contributed by atoms with Crippen LogP contribution in [0.15, 0.2) is 60.2 Å². The zero-order valence-electron chi connectivity index (χ0n) is 23.5. The van der Waals surface area contributed by atoms with Crippen LogP contribution in [0.25, 0.3) is 5.57 Å². The minimum atomic E-state index is -0.721. The molecule has 0 fully saturated rings. The Balaban J connectivity index is 1.51. The summed E-state index contributed by atoms with van der Waals surface area (Å²) in [4.78, 5) is 28.8. The van der Waals surface area contributed by atoms with Gasteiger partial charge in [0.15, 0.2) is 0 Å². The molecule has 204 valence electrons. The van der Waals surface area contributed by atoms with Crippen LogP contribution in [0.5, 0.6) is 0 Å². The van der Waals surface area contributed by atoms with Crippen LogP contribution in [-0.2, 0) is 27.3 Å². The third-order valence-electron chi connectivity index (χ3n) is 7.12. The summed E-state index contributed by atoms with van der Waals surface area (Å²) in [5.74, 6) is 0.365. The van der Waals surface area contributed by atoms with Crippen molar-refractivity contribution < 1.29 is 19.1 Å². The van der Waals surface area contributed by atoms with Crippen LogP contribution in [0.4, 0.5) is 4.79 Å². The highest BCUT2D eigenvalue weighted by molar-refractivity contribution is 5.88. The molecule has 2 amide bonds. The number of hydrogen-bond donors (Lipinski definition) is 1. The van der Waals surface area contributed by atoms with Crippen molar-refractivity contribution in [1.82, 2.24) is 10.2 Å². The van der Waals surface area contributed by atoms with Crippen molar-refractivity contribution in [2.45, 2.75) is 84.6 Å². The summed E-state index contributed by atoms with van der Waals surface area (Å²) in [7, 11) is 0. The van der Waals surface area contributed by atoms with E-state index in [9.17, 15) is 9.59 Å². The van der Waals surface area contributed by atoms with Gasteiger partial charge in [0.2, 0.25) is 5.91 Å². The molecular formula is C32H42N2O4. The maximum absolute atomic E-state index is 14.1. The molecule has 38 heavy (non-hydrogen) atoms. The molecule has 1 unspecified atom stereocenters. The fourth-order valence-electron chi connectivity index (χ4n) is 5.50. The van der Waals surface area contributed by atoms with Gasteiger partial charge >= 0.3 is 6.09 Å². The van der Waals surface area contributed by atoms with Crippen LogP contribution in [0.3, 0.4) is 0 Å². The minimum absolute atomic E-state index is 0.0202. The lowest BCUT2D eigenvalue weighted by Gasteiger charge is -2.40. The highest BCUT2D eigenvalue weighted by Gasteiger charge is 2.39. The van der Waals surface area contributed by atoms with Gasteiger partial charge in [0, 0.05) is 19.6 Å². The van der Waals surface area contributed by atoms with Crippen LogP contribution < -0.4 is 5.32 Å². The number of nitrogens with zero attached hydrogens (tertiary/aromatic N) is 1. The number of benzene rings is 2. The van der Waals surface area contributed by atoms with Gasteiger partial charge in [-0.2, -0.15) is 0 Å². The van der Waals surface area contributed by atoms with Gasteiger partial charge in [0.1, 0.15) is 11.6 Å². The van der Waals surface area contributed by atoms with E-state index in [2.05, 4.69) is 43.4 Å². The van der Waals surface area contributed by atoms with E-state index in [4.69, 9.17) is 9.47 Å². The van der Waals surface area contributed by atoms with Crippen LogP contribution >= 0.6 is 0 Å². The van der Waals surface area contributed by atoms with E-state index >= 15 is 0 Å². The molecule has 0 radical (unpaired) electrons. The zero-order valence-corrected chi connectivity index (χ0v) is 23.5. The molecule has 1 aliphatic heterocycles. The SMILES string of the molecule is CC(C)CC1C2=C(CCN1C(=O)[C@H](CCOCc1ccccc1)NC(=O)OC(C)(C)C)c1ccccc1C2. The monoisotopic (exact) mass is 518 g/mol. The third-order valence-corrected chi connectivity index (χ3v) is 7.12. The van der Waals surface area contributed by atoms with Gasteiger partial charge in [-0.15, -0.1) is 0 Å². The van der Waals surface area contributed by atoms with Gasteiger partial charge in [0.05, 0.1) is 12.6 Å². The number of amides is 2. The number of carbonyl (C=O) groups is 2. The van der Waals surface area contributed by atoms with Crippen molar-refractivity contribution in [2.24, 2.45) is 5.92 Å². The standard InChI is InChI=1S/C32H42N2O4/c1-22(2)19-29-27-20-24-13-9-10-14-25(24)26(27)15-17-34(29)30(35)28(33-31(36)38-32(3,4)5)16-18-37-21-23-11-7-6-8-12-23/h6-14,22,28-29H,15-21H2,1-5H3,(H,33,36)/t28-,29?/m0/s1. The van der Waals surface area contributed by atoms with Gasteiger partial charge in [-0.25, -0.2) is 4.79 Å². The topological polar surface area (TPSA) is 67.9 Å². The first-order valence-electron chi connectivity index (χ1n) is 13.8. The van der Waals surface area contributed by atoms with Crippen LogP contribution in [0.2, 0.25) is 0 Å². The average molecular weight is 519 g/mol. The van der Waals surface area contributed by atoms with Gasteiger partial charge in [-0.3, -0.25) is 4.79 Å². The molecule has 4 rings (SSSR count). The molecule has 2 aromatic carbocycles. The van der Waals surface area contributed by atoms with Gasteiger partial charge in [-0.1, -0.05) is 68.4 Å². The molecule has 0 saturated carbocycles. The van der Waals surface area contributed by atoms with E-state index < -0.39 is 17.7 Å². The molecule has 0 aromatic heterocycles. The highest BCUT2D eigenvalue weighted by atomic mass is 16.6. The number of alkyl carbamates (subject to hydrolysis) is 1. The molecule has 2 atom stereocenters. The molecule has 1 heterocycles. The van der Waals surface area contributed by atoms with E-state index in [0.29, 0.717) is 32.1 Å². The summed E-state index contributed by atoms with van der Waals surface area (Å²) in [6.45, 7) is 11.3. The second kappa shape index (κ2) is 12.2. The Morgan fingerprint density at radius 2 is 1.76 bits per heavy atom. The van der Waals surface area contributed by atoms with E-state index in [1.54, 1.807) is 0 Å². The summed E-state index contributed by atoms with van der Waals surface area (Å²) in [5.41, 5.74) is 5.86. The Morgan fingerprint density at radius 3 is 2.47 bits per heavy atom. The first-order valence-corrected chi connectivity index (χ1v) is 13.8. The van der Waals surface area contributed by atoms with Gasteiger partial charge < -0.3 is 19.7 Å². The largest absolute Gasteiger partial charge is 0.444 e. The molecule has 1 aliphatic carbocycles. The average Bonchev–Trinajstić information content (AvgIpc) is 3.24.